The van der Waals surface area contributed by atoms with Gasteiger partial charge < -0.3 is 11.1 Å². The molecule has 0 bridgehead atoms. The number of halogens is 3. The highest BCUT2D eigenvalue weighted by molar-refractivity contribution is 5.97. The molecule has 0 unspecified atom stereocenters. The van der Waals surface area contributed by atoms with E-state index in [0.29, 0.717) is 11.8 Å². The van der Waals surface area contributed by atoms with Crippen LogP contribution in [0.5, 0.6) is 0 Å². The lowest BCUT2D eigenvalue weighted by molar-refractivity contribution is -0.141. The van der Waals surface area contributed by atoms with Gasteiger partial charge in [-0.1, -0.05) is 0 Å². The first-order valence-electron chi connectivity index (χ1n) is 5.48. The predicted octanol–water partition coefficient (Wildman–Crippen LogP) is 1.53. The Labute approximate surface area is 111 Å². The van der Waals surface area contributed by atoms with Crippen molar-refractivity contribution in [2.45, 2.75) is 12.7 Å². The molecule has 0 radical (unpaired) electrons. The molecule has 0 aliphatic heterocycles. The van der Waals surface area contributed by atoms with Gasteiger partial charge in [-0.05, 0) is 18.2 Å². The molecule has 6 nitrogen and oxygen atoms in total. The molecule has 0 saturated carbocycles. The summed E-state index contributed by atoms with van der Waals surface area (Å²) in [5.41, 5.74) is 4.51. The van der Waals surface area contributed by atoms with Gasteiger partial charge in [0.25, 0.3) is 5.91 Å². The lowest BCUT2D eigenvalue weighted by Crippen LogP contribution is -2.18. The van der Waals surface area contributed by atoms with E-state index in [4.69, 9.17) is 5.73 Å². The molecule has 2 aromatic heterocycles. The number of pyridine rings is 1. The van der Waals surface area contributed by atoms with E-state index in [9.17, 15) is 18.0 Å². The Morgan fingerprint density at radius 3 is 2.65 bits per heavy atom. The quantitative estimate of drug-likeness (QED) is 0.793. The van der Waals surface area contributed by atoms with E-state index in [-0.39, 0.29) is 17.9 Å². The van der Waals surface area contributed by atoms with Crippen molar-refractivity contribution in [2.24, 2.45) is 5.73 Å². The summed E-state index contributed by atoms with van der Waals surface area (Å²) in [4.78, 5) is 14.6. The van der Waals surface area contributed by atoms with Gasteiger partial charge in [-0.25, -0.2) is 4.98 Å². The number of carbonyl (C=O) groups is 1. The maximum absolute atomic E-state index is 12.6. The molecule has 0 aliphatic rings. The molecule has 0 atom stereocenters. The lowest BCUT2D eigenvalue weighted by Gasteiger charge is -2.12. The monoisotopic (exact) mass is 285 g/mol. The number of rotatable bonds is 4. The number of aromatic amines is 1. The summed E-state index contributed by atoms with van der Waals surface area (Å²) in [5.74, 6) is -1.08. The van der Waals surface area contributed by atoms with Crippen molar-refractivity contribution < 1.29 is 18.0 Å². The van der Waals surface area contributed by atoms with Crippen molar-refractivity contribution in [1.82, 2.24) is 15.2 Å². The second-order valence-electron chi connectivity index (χ2n) is 3.89. The minimum atomic E-state index is -4.60. The largest absolute Gasteiger partial charge is 0.433 e. The summed E-state index contributed by atoms with van der Waals surface area (Å²) in [6.45, 7) is 0.134. The van der Waals surface area contributed by atoms with Crippen molar-refractivity contribution in [3.63, 3.8) is 0 Å². The first-order chi connectivity index (χ1) is 9.38. The van der Waals surface area contributed by atoms with Crippen molar-refractivity contribution in [2.75, 3.05) is 5.32 Å². The molecular formula is C11H10F3N5O. The molecule has 0 aromatic carbocycles. The minimum absolute atomic E-state index is 0.113. The first kappa shape index (κ1) is 13.8. The SMILES string of the molecule is NC(=O)c1ccc(C(F)(F)F)nc1NCc1ccn[nH]1. The summed E-state index contributed by atoms with van der Waals surface area (Å²) in [7, 11) is 0. The molecule has 0 spiro atoms. The van der Waals surface area contributed by atoms with E-state index in [2.05, 4.69) is 20.5 Å². The van der Waals surface area contributed by atoms with Crippen LogP contribution in [-0.4, -0.2) is 21.1 Å². The number of alkyl halides is 3. The third-order valence-electron chi connectivity index (χ3n) is 2.46. The van der Waals surface area contributed by atoms with Crippen molar-refractivity contribution >= 4 is 11.7 Å². The number of nitrogens with two attached hydrogens (primary N) is 1. The van der Waals surface area contributed by atoms with Gasteiger partial charge in [0.2, 0.25) is 0 Å². The molecule has 0 aliphatic carbocycles. The zero-order chi connectivity index (χ0) is 14.8. The van der Waals surface area contributed by atoms with Crippen LogP contribution in [0.1, 0.15) is 21.7 Å². The average molecular weight is 285 g/mol. The number of hydrogen-bond donors (Lipinski definition) is 3. The summed E-state index contributed by atoms with van der Waals surface area (Å²) in [6.07, 6.45) is -3.10. The van der Waals surface area contributed by atoms with E-state index in [1.54, 1.807) is 6.07 Å². The van der Waals surface area contributed by atoms with E-state index in [1.165, 1.54) is 6.20 Å². The first-order valence-corrected chi connectivity index (χ1v) is 5.48. The third-order valence-corrected chi connectivity index (χ3v) is 2.46. The van der Waals surface area contributed by atoms with E-state index < -0.39 is 17.8 Å². The van der Waals surface area contributed by atoms with Gasteiger partial charge in [0.15, 0.2) is 0 Å². The Hall–Kier alpha value is -2.58. The van der Waals surface area contributed by atoms with Crippen LogP contribution in [0.2, 0.25) is 0 Å². The number of nitrogens with zero attached hydrogens (tertiary/aromatic N) is 2. The van der Waals surface area contributed by atoms with Crippen LogP contribution in [-0.2, 0) is 12.7 Å². The molecule has 0 fully saturated rings. The van der Waals surface area contributed by atoms with E-state index in [1.807, 2.05) is 0 Å². The second kappa shape index (κ2) is 5.19. The molecule has 9 heteroatoms. The Kier molecular flexibility index (Phi) is 3.59. The molecular weight excluding hydrogens is 275 g/mol. The summed E-state index contributed by atoms with van der Waals surface area (Å²) >= 11 is 0. The van der Waals surface area contributed by atoms with Gasteiger partial charge in [0.1, 0.15) is 11.5 Å². The molecule has 0 saturated heterocycles. The predicted molar refractivity (Wildman–Crippen MR) is 63.7 cm³/mol. The lowest BCUT2D eigenvalue weighted by atomic mass is 10.2. The van der Waals surface area contributed by atoms with Crippen molar-refractivity contribution in [1.29, 1.82) is 0 Å². The number of primary amides is 1. The van der Waals surface area contributed by atoms with Gasteiger partial charge >= 0.3 is 6.18 Å². The fourth-order valence-corrected chi connectivity index (χ4v) is 1.51. The number of nitrogens with one attached hydrogen (secondary N) is 2. The highest BCUT2D eigenvalue weighted by Gasteiger charge is 2.33. The Bertz CT molecular complexity index is 609. The maximum atomic E-state index is 12.6. The normalized spacial score (nSPS) is 11.3. The van der Waals surface area contributed by atoms with Crippen LogP contribution in [0.15, 0.2) is 24.4 Å². The van der Waals surface area contributed by atoms with E-state index in [0.717, 1.165) is 6.07 Å². The van der Waals surface area contributed by atoms with Crippen LogP contribution in [0.4, 0.5) is 19.0 Å². The number of amides is 1. The Balaban J connectivity index is 2.29. The van der Waals surface area contributed by atoms with Gasteiger partial charge in [0, 0.05) is 6.20 Å². The average Bonchev–Trinajstić information content (AvgIpc) is 2.87. The van der Waals surface area contributed by atoms with Crippen LogP contribution >= 0.6 is 0 Å². The molecule has 4 N–H and O–H groups in total. The maximum Gasteiger partial charge on any atom is 0.433 e. The number of aromatic nitrogens is 3. The second-order valence-corrected chi connectivity index (χ2v) is 3.89. The number of anilines is 1. The van der Waals surface area contributed by atoms with Crippen LogP contribution in [0.3, 0.4) is 0 Å². The minimum Gasteiger partial charge on any atom is -0.365 e. The molecule has 106 valence electrons. The van der Waals surface area contributed by atoms with Gasteiger partial charge in [-0.3, -0.25) is 9.89 Å². The molecule has 2 rings (SSSR count). The molecule has 1 amide bonds. The molecule has 2 heterocycles. The smallest absolute Gasteiger partial charge is 0.365 e. The fourth-order valence-electron chi connectivity index (χ4n) is 1.51. The summed E-state index contributed by atoms with van der Waals surface area (Å²) in [6, 6.07) is 3.33. The summed E-state index contributed by atoms with van der Waals surface area (Å²) in [5, 5.41) is 8.94. The Morgan fingerprint density at radius 1 is 1.35 bits per heavy atom. The van der Waals surface area contributed by atoms with Gasteiger partial charge in [-0.2, -0.15) is 18.3 Å². The van der Waals surface area contributed by atoms with Crippen LogP contribution in [0, 0.1) is 0 Å². The number of hydrogen-bond acceptors (Lipinski definition) is 4. The molecule has 2 aromatic rings. The zero-order valence-corrected chi connectivity index (χ0v) is 10.0. The zero-order valence-electron chi connectivity index (χ0n) is 10.0. The Morgan fingerprint density at radius 2 is 2.10 bits per heavy atom. The van der Waals surface area contributed by atoms with E-state index >= 15 is 0 Å². The van der Waals surface area contributed by atoms with Crippen molar-refractivity contribution in [3.8, 4) is 0 Å². The van der Waals surface area contributed by atoms with Crippen LogP contribution in [0.25, 0.3) is 0 Å². The highest BCUT2D eigenvalue weighted by Crippen LogP contribution is 2.29. The topological polar surface area (TPSA) is 96.7 Å². The van der Waals surface area contributed by atoms with Crippen molar-refractivity contribution in [3.05, 3.63) is 41.3 Å². The fraction of sp³-hybridized carbons (Fsp3) is 0.182. The standard InChI is InChI=1S/C11H10F3N5O/c12-11(13,14)8-2-1-7(9(15)20)10(18-8)16-5-6-3-4-17-19-6/h1-4H,5H2,(H2,15,20)(H,16,18)(H,17,19). The van der Waals surface area contributed by atoms with Gasteiger partial charge in [-0.15, -0.1) is 0 Å². The molecule has 20 heavy (non-hydrogen) atoms. The highest BCUT2D eigenvalue weighted by atomic mass is 19.4. The summed E-state index contributed by atoms with van der Waals surface area (Å²) < 4.78 is 37.8. The van der Waals surface area contributed by atoms with Crippen LogP contribution < -0.4 is 11.1 Å². The number of H-pyrrole nitrogens is 1. The number of carbonyl (C=O) groups excluding carboxylic acids is 1. The third kappa shape index (κ3) is 3.05. The van der Waals surface area contributed by atoms with Gasteiger partial charge in [0.05, 0.1) is 17.8 Å².